The summed E-state index contributed by atoms with van der Waals surface area (Å²) in [7, 11) is 0. The van der Waals surface area contributed by atoms with Crippen molar-refractivity contribution in [3.63, 3.8) is 0 Å². The Morgan fingerprint density at radius 2 is 2.10 bits per heavy atom. The van der Waals surface area contributed by atoms with Gasteiger partial charge in [-0.3, -0.25) is 4.79 Å². The molecule has 0 unspecified atom stereocenters. The van der Waals surface area contributed by atoms with Gasteiger partial charge in [-0.1, -0.05) is 23.7 Å². The fourth-order valence-electron chi connectivity index (χ4n) is 1.81. The minimum atomic E-state index is -0.144. The van der Waals surface area contributed by atoms with Crippen molar-refractivity contribution in [3.05, 3.63) is 62.2 Å². The fraction of sp³-hybridized carbons (Fsp3) is 0.188. The maximum atomic E-state index is 12.1. The molecule has 0 heterocycles. The average molecular weight is 416 g/mol. The van der Waals surface area contributed by atoms with Gasteiger partial charge in [-0.15, -0.1) is 0 Å². The molecular formula is C16H15ClINO2. The highest BCUT2D eigenvalue weighted by Crippen LogP contribution is 2.17. The highest BCUT2D eigenvalue weighted by molar-refractivity contribution is 14.1. The summed E-state index contributed by atoms with van der Waals surface area (Å²) in [6.45, 7) is 2.87. The van der Waals surface area contributed by atoms with Gasteiger partial charge in [0.25, 0.3) is 5.91 Å². The first-order chi connectivity index (χ1) is 10.1. The van der Waals surface area contributed by atoms with E-state index in [1.165, 1.54) is 0 Å². The molecular weight excluding hydrogens is 401 g/mol. The zero-order valence-electron chi connectivity index (χ0n) is 11.5. The minimum Gasteiger partial charge on any atom is -0.492 e. The Hall–Kier alpha value is -1.27. The molecule has 0 aliphatic heterocycles. The minimum absolute atomic E-state index is 0.144. The summed E-state index contributed by atoms with van der Waals surface area (Å²) in [5.41, 5.74) is 1.73. The molecule has 0 spiro atoms. The molecule has 1 amide bonds. The van der Waals surface area contributed by atoms with Crippen LogP contribution in [0, 0.1) is 10.5 Å². The van der Waals surface area contributed by atoms with Gasteiger partial charge in [-0.25, -0.2) is 0 Å². The smallest absolute Gasteiger partial charge is 0.252 e. The Morgan fingerprint density at radius 1 is 1.29 bits per heavy atom. The molecule has 3 nitrogen and oxygen atoms in total. The van der Waals surface area contributed by atoms with Crippen molar-refractivity contribution in [2.24, 2.45) is 0 Å². The number of rotatable bonds is 5. The van der Waals surface area contributed by atoms with E-state index in [0.29, 0.717) is 23.7 Å². The van der Waals surface area contributed by atoms with E-state index in [-0.39, 0.29) is 5.91 Å². The van der Waals surface area contributed by atoms with Gasteiger partial charge in [0.2, 0.25) is 0 Å². The number of amides is 1. The summed E-state index contributed by atoms with van der Waals surface area (Å²) in [4.78, 5) is 12.1. The normalized spacial score (nSPS) is 10.2. The average Bonchev–Trinajstić information content (AvgIpc) is 2.46. The molecule has 0 bridgehead atoms. The van der Waals surface area contributed by atoms with Crippen LogP contribution in [0.15, 0.2) is 42.5 Å². The third-order valence-electron chi connectivity index (χ3n) is 2.82. The summed E-state index contributed by atoms with van der Waals surface area (Å²) >= 11 is 8.02. The van der Waals surface area contributed by atoms with E-state index in [1.807, 2.05) is 37.3 Å². The van der Waals surface area contributed by atoms with Gasteiger partial charge in [0.1, 0.15) is 12.4 Å². The number of halogens is 2. The monoisotopic (exact) mass is 415 g/mol. The molecule has 110 valence electrons. The van der Waals surface area contributed by atoms with Crippen molar-refractivity contribution in [2.45, 2.75) is 6.92 Å². The lowest BCUT2D eigenvalue weighted by Gasteiger charge is -2.09. The second kappa shape index (κ2) is 7.66. The highest BCUT2D eigenvalue weighted by atomic mass is 127. The van der Waals surface area contributed by atoms with Crippen LogP contribution >= 0.6 is 34.2 Å². The van der Waals surface area contributed by atoms with E-state index in [4.69, 9.17) is 16.3 Å². The summed E-state index contributed by atoms with van der Waals surface area (Å²) in [5.74, 6) is 0.663. The summed E-state index contributed by atoms with van der Waals surface area (Å²) in [6, 6.07) is 13.1. The van der Waals surface area contributed by atoms with Crippen molar-refractivity contribution in [1.82, 2.24) is 5.32 Å². The number of benzene rings is 2. The van der Waals surface area contributed by atoms with Crippen LogP contribution in [0.3, 0.4) is 0 Å². The van der Waals surface area contributed by atoms with Gasteiger partial charge >= 0.3 is 0 Å². The molecule has 0 aliphatic rings. The molecule has 5 heteroatoms. The maximum Gasteiger partial charge on any atom is 0.252 e. The first-order valence-corrected chi connectivity index (χ1v) is 7.94. The van der Waals surface area contributed by atoms with Crippen molar-refractivity contribution in [3.8, 4) is 5.75 Å². The van der Waals surface area contributed by atoms with Crippen LogP contribution in [0.25, 0.3) is 0 Å². The van der Waals surface area contributed by atoms with Gasteiger partial charge in [0.05, 0.1) is 12.1 Å². The lowest BCUT2D eigenvalue weighted by molar-refractivity contribution is 0.0946. The molecule has 0 aromatic heterocycles. The Bertz CT molecular complexity index is 646. The molecule has 21 heavy (non-hydrogen) atoms. The van der Waals surface area contributed by atoms with E-state index >= 15 is 0 Å². The van der Waals surface area contributed by atoms with Crippen molar-refractivity contribution < 1.29 is 9.53 Å². The second-order valence-corrected chi connectivity index (χ2v) is 6.14. The molecule has 0 fully saturated rings. The standard InChI is InChI=1S/C16H15ClINO2/c1-11-3-2-4-13(9-11)21-8-7-19-16(20)14-10-12(17)5-6-15(14)18/h2-6,9-10H,7-8H2,1H3,(H,19,20). The topological polar surface area (TPSA) is 38.3 Å². The predicted molar refractivity (Wildman–Crippen MR) is 93.2 cm³/mol. The molecule has 2 aromatic carbocycles. The Kier molecular flexibility index (Phi) is 5.87. The summed E-state index contributed by atoms with van der Waals surface area (Å²) < 4.78 is 6.45. The zero-order chi connectivity index (χ0) is 15.2. The maximum absolute atomic E-state index is 12.1. The van der Waals surface area contributed by atoms with E-state index in [1.54, 1.807) is 12.1 Å². The van der Waals surface area contributed by atoms with Crippen LogP contribution in [-0.2, 0) is 0 Å². The van der Waals surface area contributed by atoms with Crippen LogP contribution in [-0.4, -0.2) is 19.1 Å². The number of nitrogens with one attached hydrogen (secondary N) is 1. The first-order valence-electron chi connectivity index (χ1n) is 6.49. The van der Waals surface area contributed by atoms with Gasteiger partial charge in [-0.2, -0.15) is 0 Å². The number of carbonyl (C=O) groups is 1. The van der Waals surface area contributed by atoms with Crippen molar-refractivity contribution >= 4 is 40.1 Å². The number of aryl methyl sites for hydroxylation is 1. The van der Waals surface area contributed by atoms with E-state index in [0.717, 1.165) is 14.9 Å². The Morgan fingerprint density at radius 3 is 2.86 bits per heavy atom. The van der Waals surface area contributed by atoms with Gasteiger partial charge in [-0.05, 0) is 65.4 Å². The summed E-state index contributed by atoms with van der Waals surface area (Å²) in [6.07, 6.45) is 0. The highest BCUT2D eigenvalue weighted by Gasteiger charge is 2.09. The SMILES string of the molecule is Cc1cccc(OCCNC(=O)c2cc(Cl)ccc2I)c1. The molecule has 2 rings (SSSR count). The number of carbonyl (C=O) groups excluding carboxylic acids is 1. The van der Waals surface area contributed by atoms with E-state index < -0.39 is 0 Å². The molecule has 0 atom stereocenters. The zero-order valence-corrected chi connectivity index (χ0v) is 14.4. The van der Waals surface area contributed by atoms with Gasteiger partial charge in [0.15, 0.2) is 0 Å². The van der Waals surface area contributed by atoms with Crippen molar-refractivity contribution in [2.75, 3.05) is 13.2 Å². The largest absolute Gasteiger partial charge is 0.492 e. The van der Waals surface area contributed by atoms with Crippen LogP contribution in [0.1, 0.15) is 15.9 Å². The quantitative estimate of drug-likeness (QED) is 0.591. The fourth-order valence-corrected chi connectivity index (χ4v) is 2.56. The molecule has 0 aliphatic carbocycles. The third kappa shape index (κ3) is 4.89. The Balaban J connectivity index is 1.83. The van der Waals surface area contributed by atoms with Crippen LogP contribution in [0.2, 0.25) is 5.02 Å². The Labute approximate surface area is 142 Å². The van der Waals surface area contributed by atoms with E-state index in [2.05, 4.69) is 27.9 Å². The molecule has 0 saturated carbocycles. The van der Waals surface area contributed by atoms with Gasteiger partial charge < -0.3 is 10.1 Å². The predicted octanol–water partition coefficient (Wildman–Crippen LogP) is 4.06. The molecule has 2 aromatic rings. The number of hydrogen-bond acceptors (Lipinski definition) is 2. The van der Waals surface area contributed by atoms with Gasteiger partial charge in [0, 0.05) is 8.59 Å². The molecule has 0 radical (unpaired) electrons. The lowest BCUT2D eigenvalue weighted by Crippen LogP contribution is -2.28. The van der Waals surface area contributed by atoms with Crippen LogP contribution < -0.4 is 10.1 Å². The van der Waals surface area contributed by atoms with Crippen LogP contribution in [0.4, 0.5) is 0 Å². The van der Waals surface area contributed by atoms with E-state index in [9.17, 15) is 4.79 Å². The first kappa shape index (κ1) is 16.1. The molecule has 0 saturated heterocycles. The second-order valence-electron chi connectivity index (χ2n) is 4.55. The summed E-state index contributed by atoms with van der Waals surface area (Å²) in [5, 5.41) is 3.38. The third-order valence-corrected chi connectivity index (χ3v) is 3.99. The van der Waals surface area contributed by atoms with Crippen molar-refractivity contribution in [1.29, 1.82) is 0 Å². The number of hydrogen-bond donors (Lipinski definition) is 1. The molecule has 1 N–H and O–H groups in total. The number of ether oxygens (including phenoxy) is 1. The lowest BCUT2D eigenvalue weighted by atomic mass is 10.2. The van der Waals surface area contributed by atoms with Crippen LogP contribution in [0.5, 0.6) is 5.75 Å².